The van der Waals surface area contributed by atoms with Crippen molar-refractivity contribution in [1.29, 1.82) is 0 Å². The van der Waals surface area contributed by atoms with E-state index in [0.717, 1.165) is 69.4 Å². The van der Waals surface area contributed by atoms with Crippen LogP contribution in [0.3, 0.4) is 0 Å². The number of thioether (sulfide) groups is 1. The van der Waals surface area contributed by atoms with Crippen molar-refractivity contribution in [3.05, 3.63) is 5.69 Å². The molecule has 0 aromatic carbocycles. The molecule has 1 unspecified atom stereocenters. The Labute approximate surface area is 176 Å². The van der Waals surface area contributed by atoms with Crippen molar-refractivity contribution in [3.8, 4) is 0 Å². The first-order chi connectivity index (χ1) is 14.0. The molecule has 2 N–H and O–H groups in total. The second kappa shape index (κ2) is 8.65. The molecule has 2 fully saturated rings. The molecule has 0 radical (unpaired) electrons. The smallest absolute Gasteiger partial charge is 0.227 e. The average molecular weight is 422 g/mol. The van der Waals surface area contributed by atoms with Crippen LogP contribution in [-0.2, 0) is 20.7 Å². The standard InChI is InChI=1S/C20H31N5O3S/c1-20(27-2)7-10-25(13-20)18-17-15(6-12-29-17)22-19(23-18)24-8-3-14(4-9-24)28-11-5-16(21)26/h14H,3-13H2,1-2H3,(H2,21,26). The van der Waals surface area contributed by atoms with E-state index in [9.17, 15) is 4.79 Å². The molecular formula is C20H31N5O3S. The van der Waals surface area contributed by atoms with Gasteiger partial charge in [-0.05, 0) is 26.2 Å². The summed E-state index contributed by atoms with van der Waals surface area (Å²) in [7, 11) is 1.80. The number of aromatic nitrogens is 2. The summed E-state index contributed by atoms with van der Waals surface area (Å²) in [6, 6.07) is 0. The second-order valence-corrected chi connectivity index (χ2v) is 9.43. The fourth-order valence-corrected chi connectivity index (χ4v) is 5.34. The zero-order valence-electron chi connectivity index (χ0n) is 17.4. The Morgan fingerprint density at radius 1 is 1.28 bits per heavy atom. The van der Waals surface area contributed by atoms with Crippen molar-refractivity contribution < 1.29 is 14.3 Å². The molecule has 0 bridgehead atoms. The number of nitrogens with two attached hydrogens (primary N) is 1. The van der Waals surface area contributed by atoms with E-state index in [1.807, 2.05) is 11.8 Å². The van der Waals surface area contributed by atoms with E-state index in [2.05, 4.69) is 16.7 Å². The number of piperidine rings is 1. The summed E-state index contributed by atoms with van der Waals surface area (Å²) in [5.74, 6) is 2.67. The van der Waals surface area contributed by atoms with E-state index in [1.165, 1.54) is 10.6 Å². The van der Waals surface area contributed by atoms with Crippen molar-refractivity contribution in [2.75, 3.05) is 55.4 Å². The third-order valence-corrected chi connectivity index (χ3v) is 7.26. The van der Waals surface area contributed by atoms with Gasteiger partial charge in [-0.2, -0.15) is 4.98 Å². The largest absolute Gasteiger partial charge is 0.378 e. The number of aryl methyl sites for hydroxylation is 1. The van der Waals surface area contributed by atoms with E-state index in [-0.39, 0.29) is 24.0 Å². The predicted octanol–water partition coefficient (Wildman–Crippen LogP) is 1.60. The van der Waals surface area contributed by atoms with Gasteiger partial charge in [0, 0.05) is 51.9 Å². The first-order valence-corrected chi connectivity index (χ1v) is 11.4. The molecule has 2 saturated heterocycles. The molecule has 29 heavy (non-hydrogen) atoms. The lowest BCUT2D eigenvalue weighted by molar-refractivity contribution is -0.119. The lowest BCUT2D eigenvalue weighted by Gasteiger charge is -2.33. The number of methoxy groups -OCH3 is 1. The minimum absolute atomic E-state index is 0.109. The van der Waals surface area contributed by atoms with Crippen molar-refractivity contribution >= 4 is 29.4 Å². The highest BCUT2D eigenvalue weighted by atomic mass is 32.2. The van der Waals surface area contributed by atoms with Gasteiger partial charge in [0.05, 0.1) is 28.9 Å². The van der Waals surface area contributed by atoms with Crippen LogP contribution in [0.1, 0.15) is 38.3 Å². The quantitative estimate of drug-likeness (QED) is 0.710. The lowest BCUT2D eigenvalue weighted by Crippen LogP contribution is -2.39. The number of nitrogens with zero attached hydrogens (tertiary/aromatic N) is 4. The van der Waals surface area contributed by atoms with Crippen LogP contribution in [-0.4, -0.2) is 73.2 Å². The predicted molar refractivity (Wildman–Crippen MR) is 114 cm³/mol. The normalized spacial score (nSPS) is 24.9. The molecular weight excluding hydrogens is 390 g/mol. The maximum atomic E-state index is 10.9. The van der Waals surface area contributed by atoms with Crippen LogP contribution in [0, 0.1) is 0 Å². The lowest BCUT2D eigenvalue weighted by atomic mass is 10.1. The summed E-state index contributed by atoms with van der Waals surface area (Å²) in [6.07, 6.45) is 4.30. The summed E-state index contributed by atoms with van der Waals surface area (Å²) < 4.78 is 11.5. The maximum Gasteiger partial charge on any atom is 0.227 e. The number of ether oxygens (including phenoxy) is 2. The minimum Gasteiger partial charge on any atom is -0.378 e. The van der Waals surface area contributed by atoms with Gasteiger partial charge >= 0.3 is 0 Å². The van der Waals surface area contributed by atoms with E-state index in [0.29, 0.717) is 6.61 Å². The molecule has 1 amide bonds. The molecule has 4 rings (SSSR count). The van der Waals surface area contributed by atoms with Gasteiger partial charge in [-0.15, -0.1) is 11.8 Å². The Bertz CT molecular complexity index is 756. The number of hydrogen-bond donors (Lipinski definition) is 1. The van der Waals surface area contributed by atoms with E-state index < -0.39 is 0 Å². The SMILES string of the molecule is COC1(C)CCN(c2nc(N3CCC(OCCC(N)=O)CC3)nc3c2SCC3)C1. The van der Waals surface area contributed by atoms with Crippen molar-refractivity contribution in [1.82, 2.24) is 9.97 Å². The molecule has 0 aliphatic carbocycles. The van der Waals surface area contributed by atoms with E-state index >= 15 is 0 Å². The van der Waals surface area contributed by atoms with Crippen LogP contribution < -0.4 is 15.5 Å². The van der Waals surface area contributed by atoms with E-state index in [1.54, 1.807) is 7.11 Å². The highest BCUT2D eigenvalue weighted by molar-refractivity contribution is 7.99. The first-order valence-electron chi connectivity index (χ1n) is 10.5. The Morgan fingerprint density at radius 2 is 2.07 bits per heavy atom. The third-order valence-electron chi connectivity index (χ3n) is 6.15. The molecule has 1 aromatic rings. The fraction of sp³-hybridized carbons (Fsp3) is 0.750. The Hall–Kier alpha value is -1.58. The first kappa shape index (κ1) is 20.7. The molecule has 3 aliphatic heterocycles. The zero-order chi connectivity index (χ0) is 20.4. The molecule has 0 saturated carbocycles. The topological polar surface area (TPSA) is 93.8 Å². The van der Waals surface area contributed by atoms with Crippen LogP contribution in [0.15, 0.2) is 4.90 Å². The minimum atomic E-state index is -0.314. The maximum absolute atomic E-state index is 10.9. The summed E-state index contributed by atoms with van der Waals surface area (Å²) in [5, 5.41) is 0. The summed E-state index contributed by atoms with van der Waals surface area (Å²) in [6.45, 7) is 6.13. The summed E-state index contributed by atoms with van der Waals surface area (Å²) in [5.41, 5.74) is 6.26. The molecule has 160 valence electrons. The highest BCUT2D eigenvalue weighted by Gasteiger charge is 2.37. The fourth-order valence-electron chi connectivity index (χ4n) is 4.22. The van der Waals surface area contributed by atoms with Gasteiger partial charge in [-0.25, -0.2) is 4.98 Å². The van der Waals surface area contributed by atoms with Crippen LogP contribution in [0.4, 0.5) is 11.8 Å². The van der Waals surface area contributed by atoms with Crippen LogP contribution in [0.25, 0.3) is 0 Å². The van der Waals surface area contributed by atoms with Crippen molar-refractivity contribution in [3.63, 3.8) is 0 Å². The van der Waals surface area contributed by atoms with Crippen LogP contribution in [0.2, 0.25) is 0 Å². The highest BCUT2D eigenvalue weighted by Crippen LogP contribution is 2.41. The molecule has 4 heterocycles. The summed E-state index contributed by atoms with van der Waals surface area (Å²) >= 11 is 1.87. The Kier molecular flexibility index (Phi) is 6.17. The van der Waals surface area contributed by atoms with Gasteiger partial charge in [0.25, 0.3) is 0 Å². The Morgan fingerprint density at radius 3 is 2.76 bits per heavy atom. The van der Waals surface area contributed by atoms with Gasteiger partial charge in [-0.3, -0.25) is 4.79 Å². The van der Waals surface area contributed by atoms with Crippen LogP contribution >= 0.6 is 11.8 Å². The Balaban J connectivity index is 1.45. The van der Waals surface area contributed by atoms with Gasteiger partial charge in [0.2, 0.25) is 11.9 Å². The zero-order valence-corrected chi connectivity index (χ0v) is 18.2. The molecule has 9 heteroatoms. The number of carbonyl (C=O) groups excluding carboxylic acids is 1. The molecule has 1 atom stereocenters. The van der Waals surface area contributed by atoms with Gasteiger partial charge in [0.15, 0.2) is 0 Å². The summed E-state index contributed by atoms with van der Waals surface area (Å²) in [4.78, 5) is 26.7. The molecule has 1 aromatic heterocycles. The number of rotatable bonds is 7. The van der Waals surface area contributed by atoms with Gasteiger partial charge in [-0.1, -0.05) is 0 Å². The second-order valence-electron chi connectivity index (χ2n) is 8.32. The van der Waals surface area contributed by atoms with Gasteiger partial charge < -0.3 is 25.0 Å². The number of fused-ring (bicyclic) bond motifs is 1. The third kappa shape index (κ3) is 4.62. The average Bonchev–Trinajstić information content (AvgIpc) is 3.35. The number of carbonyl (C=O) groups is 1. The number of anilines is 2. The molecule has 8 nitrogen and oxygen atoms in total. The van der Waals surface area contributed by atoms with E-state index in [4.69, 9.17) is 25.2 Å². The number of amides is 1. The number of primary amides is 1. The molecule has 0 spiro atoms. The van der Waals surface area contributed by atoms with Crippen molar-refractivity contribution in [2.45, 2.75) is 55.6 Å². The van der Waals surface area contributed by atoms with Crippen molar-refractivity contribution in [2.24, 2.45) is 5.73 Å². The molecule has 3 aliphatic rings. The number of hydrogen-bond acceptors (Lipinski definition) is 8. The van der Waals surface area contributed by atoms with Crippen LogP contribution in [0.5, 0.6) is 0 Å². The van der Waals surface area contributed by atoms with Gasteiger partial charge in [0.1, 0.15) is 5.82 Å². The monoisotopic (exact) mass is 421 g/mol.